The Hall–Kier alpha value is -1.88. The molecule has 0 unspecified atom stereocenters. The SMILES string of the molecule is Cc1cc[n+]([O-])c(S(=O)(=O)CCCCCc2ccccc2)c1. The van der Waals surface area contributed by atoms with Crippen molar-refractivity contribution in [3.63, 3.8) is 0 Å². The predicted octanol–water partition coefficient (Wildman–Crippen LogP) is 2.82. The van der Waals surface area contributed by atoms with E-state index in [-0.39, 0.29) is 10.8 Å². The summed E-state index contributed by atoms with van der Waals surface area (Å²) >= 11 is 0. The zero-order chi connectivity index (χ0) is 16.0. The summed E-state index contributed by atoms with van der Waals surface area (Å²) in [6, 6.07) is 13.2. The van der Waals surface area contributed by atoms with Gasteiger partial charge in [0, 0.05) is 12.1 Å². The Morgan fingerprint density at radius 1 is 1.05 bits per heavy atom. The molecule has 0 saturated heterocycles. The zero-order valence-corrected chi connectivity index (χ0v) is 13.6. The Morgan fingerprint density at radius 3 is 2.50 bits per heavy atom. The fourth-order valence-corrected chi connectivity index (χ4v) is 3.83. The summed E-state index contributed by atoms with van der Waals surface area (Å²) < 4.78 is 24.9. The summed E-state index contributed by atoms with van der Waals surface area (Å²) in [5, 5.41) is 11.5. The van der Waals surface area contributed by atoms with Gasteiger partial charge in [-0.25, -0.2) is 8.42 Å². The minimum Gasteiger partial charge on any atom is -0.618 e. The van der Waals surface area contributed by atoms with Gasteiger partial charge < -0.3 is 5.21 Å². The van der Waals surface area contributed by atoms with Crippen LogP contribution in [0.3, 0.4) is 0 Å². The molecule has 118 valence electrons. The summed E-state index contributed by atoms with van der Waals surface area (Å²) in [5.41, 5.74) is 2.04. The summed E-state index contributed by atoms with van der Waals surface area (Å²) in [5.74, 6) is 0.0213. The molecule has 1 aromatic heterocycles. The van der Waals surface area contributed by atoms with Crippen LogP contribution in [0.4, 0.5) is 0 Å². The second-order valence-corrected chi connectivity index (χ2v) is 7.54. The molecule has 0 saturated carbocycles. The Kier molecular flexibility index (Phi) is 5.55. The van der Waals surface area contributed by atoms with E-state index in [1.54, 1.807) is 13.0 Å². The van der Waals surface area contributed by atoms with Crippen LogP contribution in [0.5, 0.6) is 0 Å². The fraction of sp³-hybridized carbons (Fsp3) is 0.353. The molecule has 0 atom stereocenters. The Balaban J connectivity index is 1.84. The molecule has 1 heterocycles. The lowest BCUT2D eigenvalue weighted by Crippen LogP contribution is -2.34. The summed E-state index contributed by atoms with van der Waals surface area (Å²) in [6.07, 6.45) is 4.55. The number of sulfone groups is 1. The first-order chi connectivity index (χ1) is 10.5. The highest BCUT2D eigenvalue weighted by Crippen LogP contribution is 2.12. The lowest BCUT2D eigenvalue weighted by atomic mass is 10.1. The number of pyridine rings is 1. The number of unbranched alkanes of at least 4 members (excludes halogenated alkanes) is 2. The maximum Gasteiger partial charge on any atom is 0.308 e. The first-order valence-electron chi connectivity index (χ1n) is 7.45. The summed E-state index contributed by atoms with van der Waals surface area (Å²) in [6.45, 7) is 1.78. The standard InChI is InChI=1S/C17H21NO3S/c1-15-11-12-18(19)17(14-15)22(20,21)13-7-3-6-10-16-8-4-2-5-9-16/h2,4-5,8-9,11-12,14H,3,6-7,10,13H2,1H3. The van der Waals surface area contributed by atoms with Gasteiger partial charge >= 0.3 is 5.03 Å². The van der Waals surface area contributed by atoms with Gasteiger partial charge in [-0.2, -0.15) is 4.73 Å². The van der Waals surface area contributed by atoms with Crippen molar-refractivity contribution >= 4 is 9.84 Å². The van der Waals surface area contributed by atoms with Gasteiger partial charge in [0.2, 0.25) is 9.84 Å². The van der Waals surface area contributed by atoms with Crippen LogP contribution in [-0.2, 0) is 16.3 Å². The van der Waals surface area contributed by atoms with Crippen LogP contribution in [0.15, 0.2) is 53.7 Å². The molecule has 1 aromatic carbocycles. The lowest BCUT2D eigenvalue weighted by molar-refractivity contribution is -0.646. The van der Waals surface area contributed by atoms with Gasteiger partial charge in [-0.05, 0) is 37.3 Å². The highest BCUT2D eigenvalue weighted by Gasteiger charge is 2.23. The van der Waals surface area contributed by atoms with Crippen molar-refractivity contribution in [1.82, 2.24) is 0 Å². The molecule has 0 radical (unpaired) electrons. The number of nitrogens with zero attached hydrogens (tertiary/aromatic N) is 1. The molecule has 0 aliphatic rings. The van der Waals surface area contributed by atoms with E-state index in [9.17, 15) is 13.6 Å². The van der Waals surface area contributed by atoms with Crippen LogP contribution in [-0.4, -0.2) is 14.2 Å². The minimum atomic E-state index is -3.51. The van der Waals surface area contributed by atoms with Crippen molar-refractivity contribution in [2.45, 2.75) is 37.6 Å². The van der Waals surface area contributed by atoms with E-state index in [1.165, 1.54) is 17.8 Å². The quantitative estimate of drug-likeness (QED) is 0.448. The molecule has 0 amide bonds. The normalized spacial score (nSPS) is 11.5. The van der Waals surface area contributed by atoms with E-state index in [2.05, 4.69) is 12.1 Å². The van der Waals surface area contributed by atoms with Crippen LogP contribution < -0.4 is 4.73 Å². The third-order valence-corrected chi connectivity index (χ3v) is 5.34. The van der Waals surface area contributed by atoms with Crippen LogP contribution in [0.1, 0.15) is 30.4 Å². The average Bonchev–Trinajstić information content (AvgIpc) is 2.50. The number of hydrogen-bond donors (Lipinski definition) is 0. The van der Waals surface area contributed by atoms with Crippen LogP contribution in [0.25, 0.3) is 0 Å². The number of hydrogen-bond acceptors (Lipinski definition) is 3. The molecular weight excluding hydrogens is 298 g/mol. The van der Waals surface area contributed by atoms with Crippen molar-refractivity contribution < 1.29 is 13.1 Å². The van der Waals surface area contributed by atoms with Crippen molar-refractivity contribution in [3.05, 3.63) is 65.0 Å². The molecular formula is C17H21NO3S. The molecule has 0 N–H and O–H groups in total. The van der Waals surface area contributed by atoms with Crippen molar-refractivity contribution in [2.75, 3.05) is 5.75 Å². The maximum atomic E-state index is 12.2. The van der Waals surface area contributed by atoms with E-state index in [0.29, 0.717) is 11.2 Å². The molecule has 4 nitrogen and oxygen atoms in total. The van der Waals surface area contributed by atoms with Crippen molar-refractivity contribution in [2.24, 2.45) is 0 Å². The largest absolute Gasteiger partial charge is 0.618 e. The topological polar surface area (TPSA) is 61.1 Å². The molecule has 0 aliphatic carbocycles. The molecule has 0 aliphatic heterocycles. The van der Waals surface area contributed by atoms with E-state index >= 15 is 0 Å². The Labute approximate surface area is 131 Å². The van der Waals surface area contributed by atoms with Crippen LogP contribution in [0.2, 0.25) is 0 Å². The number of aromatic nitrogens is 1. The highest BCUT2D eigenvalue weighted by molar-refractivity contribution is 7.91. The smallest absolute Gasteiger partial charge is 0.308 e. The molecule has 5 heteroatoms. The number of aryl methyl sites for hydroxylation is 2. The van der Waals surface area contributed by atoms with Gasteiger partial charge in [0.15, 0.2) is 6.20 Å². The second kappa shape index (κ2) is 7.40. The predicted molar refractivity (Wildman–Crippen MR) is 86.2 cm³/mol. The minimum absolute atomic E-state index is 0.0213. The number of rotatable bonds is 7. The van der Waals surface area contributed by atoms with Gasteiger partial charge in [-0.3, -0.25) is 0 Å². The van der Waals surface area contributed by atoms with Gasteiger partial charge in [-0.1, -0.05) is 36.8 Å². The monoisotopic (exact) mass is 319 g/mol. The summed E-state index contributed by atoms with van der Waals surface area (Å²) in [7, 11) is -3.51. The molecule has 0 spiro atoms. The molecule has 2 aromatic rings. The lowest BCUT2D eigenvalue weighted by Gasteiger charge is -2.06. The zero-order valence-electron chi connectivity index (χ0n) is 12.7. The van der Waals surface area contributed by atoms with Crippen LogP contribution >= 0.6 is 0 Å². The van der Waals surface area contributed by atoms with Gasteiger partial charge in [-0.15, -0.1) is 0 Å². The first kappa shape index (κ1) is 16.5. The summed E-state index contributed by atoms with van der Waals surface area (Å²) in [4.78, 5) is 0. The van der Waals surface area contributed by atoms with Crippen LogP contribution in [0, 0.1) is 12.1 Å². The third kappa shape index (κ3) is 4.56. The Bertz CT molecular complexity index is 712. The number of benzene rings is 1. The van der Waals surface area contributed by atoms with Crippen molar-refractivity contribution in [1.29, 1.82) is 0 Å². The van der Waals surface area contributed by atoms with E-state index in [0.717, 1.165) is 24.8 Å². The average molecular weight is 319 g/mol. The second-order valence-electron chi connectivity index (χ2n) is 5.48. The first-order valence-corrected chi connectivity index (χ1v) is 9.11. The molecule has 22 heavy (non-hydrogen) atoms. The van der Waals surface area contributed by atoms with Gasteiger partial charge in [0.25, 0.3) is 0 Å². The van der Waals surface area contributed by atoms with Crippen molar-refractivity contribution in [3.8, 4) is 0 Å². The van der Waals surface area contributed by atoms with E-state index in [1.807, 2.05) is 18.2 Å². The highest BCUT2D eigenvalue weighted by atomic mass is 32.2. The molecule has 2 rings (SSSR count). The third-order valence-electron chi connectivity index (χ3n) is 3.58. The van der Waals surface area contributed by atoms with E-state index < -0.39 is 9.84 Å². The van der Waals surface area contributed by atoms with E-state index in [4.69, 9.17) is 0 Å². The van der Waals surface area contributed by atoms with Gasteiger partial charge in [0.05, 0.1) is 5.75 Å². The Morgan fingerprint density at radius 2 is 1.77 bits per heavy atom. The molecule has 0 fully saturated rings. The molecule has 0 bridgehead atoms. The fourth-order valence-electron chi connectivity index (χ4n) is 2.34. The van der Waals surface area contributed by atoms with Gasteiger partial charge in [0.1, 0.15) is 0 Å². The maximum absolute atomic E-state index is 12.2.